The van der Waals surface area contributed by atoms with E-state index in [1.165, 1.54) is 25.7 Å². The lowest BCUT2D eigenvalue weighted by atomic mass is 9.89. The van der Waals surface area contributed by atoms with Gasteiger partial charge >= 0.3 is 0 Å². The summed E-state index contributed by atoms with van der Waals surface area (Å²) in [6.07, 6.45) is 8.47. The van der Waals surface area contributed by atoms with Crippen LogP contribution < -0.4 is 0 Å². The Labute approximate surface area is 74.5 Å². The van der Waals surface area contributed by atoms with E-state index in [2.05, 4.69) is 0 Å². The predicted octanol–water partition coefficient (Wildman–Crippen LogP) is 2.64. The van der Waals surface area contributed by atoms with Crippen LogP contribution in [0.4, 0.5) is 0 Å². The van der Waals surface area contributed by atoms with Crippen molar-refractivity contribution in [2.75, 3.05) is 0 Å². The number of nitrogens with zero attached hydrogens (tertiary/aromatic N) is 1. The Morgan fingerprint density at radius 2 is 2.00 bits per heavy atom. The van der Waals surface area contributed by atoms with Crippen molar-refractivity contribution in [1.82, 2.24) is 0 Å². The molecule has 2 heterocycles. The molecule has 0 aromatic rings. The van der Waals surface area contributed by atoms with E-state index in [9.17, 15) is 0 Å². The second-order valence-electron chi connectivity index (χ2n) is 3.45. The largest absolute Gasteiger partial charge is 0.375 e. The first kappa shape index (κ1) is 9.54. The minimum absolute atomic E-state index is 0.679. The van der Waals surface area contributed by atoms with E-state index in [1.807, 2.05) is 13.0 Å². The third kappa shape index (κ3) is 2.83. The summed E-state index contributed by atoms with van der Waals surface area (Å²) < 4.78 is 5.38. The average molecular weight is 167 g/mol. The van der Waals surface area contributed by atoms with E-state index < -0.39 is 0 Å². The third-order valence-electron chi connectivity index (χ3n) is 2.32. The van der Waals surface area contributed by atoms with Crippen LogP contribution in [0.25, 0.3) is 0 Å². The summed E-state index contributed by atoms with van der Waals surface area (Å²) in [4.78, 5) is 0. The Kier molecular flexibility index (Phi) is 4.10. The summed E-state index contributed by atoms with van der Waals surface area (Å²) in [6, 6.07) is 2.02. The number of rotatable bonds is 1. The first-order valence-electron chi connectivity index (χ1n) is 4.89. The number of hydrogen-bond donors (Lipinski definition) is 0. The summed E-state index contributed by atoms with van der Waals surface area (Å²) in [5.74, 6) is 0. The maximum atomic E-state index is 7.82. The lowest BCUT2D eigenvalue weighted by Crippen LogP contribution is -2.41. The Hall–Kier alpha value is -0.550. The molecule has 1 saturated carbocycles. The van der Waals surface area contributed by atoms with Gasteiger partial charge in [-0.15, -0.1) is 0 Å². The molecule has 2 saturated heterocycles. The molecule has 2 bridgehead atoms. The molecule has 0 aromatic carbocycles. The molecule has 2 unspecified atom stereocenters. The van der Waals surface area contributed by atoms with Gasteiger partial charge in [0.2, 0.25) is 0 Å². The molecule has 2 nitrogen and oxygen atoms in total. The van der Waals surface area contributed by atoms with E-state index in [4.69, 9.17) is 10.00 Å². The highest BCUT2D eigenvalue weighted by Gasteiger charge is 2.33. The Morgan fingerprint density at radius 1 is 1.42 bits per heavy atom. The van der Waals surface area contributed by atoms with Crippen LogP contribution in [0.1, 0.15) is 45.4 Å². The lowest BCUT2D eigenvalue weighted by molar-refractivity contribution is -0.155. The van der Waals surface area contributed by atoms with Gasteiger partial charge in [-0.25, -0.2) is 0 Å². The molecule has 2 atom stereocenters. The van der Waals surface area contributed by atoms with Crippen LogP contribution in [0, 0.1) is 11.3 Å². The Bertz CT molecular complexity index is 142. The zero-order chi connectivity index (χ0) is 8.81. The van der Waals surface area contributed by atoms with Crippen molar-refractivity contribution in [3.05, 3.63) is 0 Å². The van der Waals surface area contributed by atoms with E-state index in [1.54, 1.807) is 0 Å². The standard InChI is InChI=1S/C6H10O.C4H7N/c1-2-5-4-6(3-1)7-5;1-2-3-4-5/h5-6H,1-4H2;2-3H2,1H3. The van der Waals surface area contributed by atoms with Crippen LogP contribution >= 0.6 is 0 Å². The highest BCUT2D eigenvalue weighted by molar-refractivity contribution is 4.82. The first-order chi connectivity index (χ1) is 5.86. The summed E-state index contributed by atoms with van der Waals surface area (Å²) in [5, 5.41) is 7.82. The minimum atomic E-state index is 0.679. The SMILES string of the molecule is C1CC2CC(C1)O2.CCCC#N. The monoisotopic (exact) mass is 167 g/mol. The molecular weight excluding hydrogens is 150 g/mol. The third-order valence-corrected chi connectivity index (χ3v) is 2.32. The number of nitriles is 1. The van der Waals surface area contributed by atoms with Gasteiger partial charge in [-0.05, 0) is 32.1 Å². The molecule has 3 aliphatic rings. The van der Waals surface area contributed by atoms with Crippen molar-refractivity contribution >= 4 is 0 Å². The van der Waals surface area contributed by atoms with Crippen molar-refractivity contribution in [3.8, 4) is 6.07 Å². The van der Waals surface area contributed by atoms with E-state index in [-0.39, 0.29) is 0 Å². The predicted molar refractivity (Wildman–Crippen MR) is 47.7 cm³/mol. The average Bonchev–Trinajstić information content (AvgIpc) is 2.07. The zero-order valence-corrected chi connectivity index (χ0v) is 7.75. The Morgan fingerprint density at radius 3 is 2.08 bits per heavy atom. The van der Waals surface area contributed by atoms with Gasteiger partial charge < -0.3 is 4.74 Å². The van der Waals surface area contributed by atoms with Crippen LogP contribution in [0.15, 0.2) is 0 Å². The van der Waals surface area contributed by atoms with Crippen LogP contribution in [0.5, 0.6) is 0 Å². The minimum Gasteiger partial charge on any atom is -0.375 e. The number of unbranched alkanes of at least 4 members (excludes halogenated alkanes) is 1. The van der Waals surface area contributed by atoms with Crippen molar-refractivity contribution < 1.29 is 4.74 Å². The normalized spacial score (nSPS) is 30.7. The van der Waals surface area contributed by atoms with Crippen LogP contribution in [0.2, 0.25) is 0 Å². The molecular formula is C10H17NO. The van der Waals surface area contributed by atoms with Gasteiger partial charge in [-0.2, -0.15) is 5.26 Å². The molecule has 0 radical (unpaired) electrons. The number of ether oxygens (including phenoxy) is 1. The van der Waals surface area contributed by atoms with Crippen LogP contribution in [0.3, 0.4) is 0 Å². The second-order valence-corrected chi connectivity index (χ2v) is 3.45. The van der Waals surface area contributed by atoms with Gasteiger partial charge in [0, 0.05) is 6.42 Å². The van der Waals surface area contributed by atoms with Crippen LogP contribution in [-0.2, 0) is 4.74 Å². The molecule has 2 heteroatoms. The van der Waals surface area contributed by atoms with Crippen molar-refractivity contribution in [3.63, 3.8) is 0 Å². The molecule has 68 valence electrons. The van der Waals surface area contributed by atoms with Gasteiger partial charge in [0.05, 0.1) is 18.3 Å². The van der Waals surface area contributed by atoms with Crippen molar-refractivity contribution in [2.24, 2.45) is 0 Å². The maximum Gasteiger partial charge on any atom is 0.0621 e. The molecule has 3 rings (SSSR count). The number of fused-ring (bicyclic) bond motifs is 2. The quantitative estimate of drug-likeness (QED) is 0.601. The van der Waals surface area contributed by atoms with E-state index in [0.29, 0.717) is 18.6 Å². The zero-order valence-electron chi connectivity index (χ0n) is 7.75. The fourth-order valence-electron chi connectivity index (χ4n) is 1.61. The van der Waals surface area contributed by atoms with Crippen molar-refractivity contribution in [1.29, 1.82) is 5.26 Å². The fraction of sp³-hybridized carbons (Fsp3) is 0.900. The van der Waals surface area contributed by atoms with Crippen LogP contribution in [-0.4, -0.2) is 12.2 Å². The smallest absolute Gasteiger partial charge is 0.0621 e. The fourth-order valence-corrected chi connectivity index (χ4v) is 1.61. The van der Waals surface area contributed by atoms with Gasteiger partial charge in [-0.1, -0.05) is 6.92 Å². The Balaban J connectivity index is 0.000000130. The van der Waals surface area contributed by atoms with Gasteiger partial charge in [0.1, 0.15) is 0 Å². The highest BCUT2D eigenvalue weighted by atomic mass is 16.5. The summed E-state index contributed by atoms with van der Waals surface area (Å²) in [7, 11) is 0. The summed E-state index contributed by atoms with van der Waals surface area (Å²) in [5.41, 5.74) is 0. The number of hydrogen-bond acceptors (Lipinski definition) is 2. The van der Waals surface area contributed by atoms with Gasteiger partial charge in [0.15, 0.2) is 0 Å². The molecule has 0 amide bonds. The summed E-state index contributed by atoms with van der Waals surface area (Å²) in [6.45, 7) is 1.99. The molecule has 3 fully saturated rings. The molecule has 0 N–H and O–H groups in total. The van der Waals surface area contributed by atoms with E-state index in [0.717, 1.165) is 6.42 Å². The molecule has 1 aliphatic carbocycles. The topological polar surface area (TPSA) is 33.0 Å². The van der Waals surface area contributed by atoms with Gasteiger partial charge in [0.25, 0.3) is 0 Å². The summed E-state index contributed by atoms with van der Waals surface area (Å²) >= 11 is 0. The molecule has 0 aromatic heterocycles. The van der Waals surface area contributed by atoms with Gasteiger partial charge in [-0.3, -0.25) is 0 Å². The maximum absolute atomic E-state index is 7.82. The highest BCUT2D eigenvalue weighted by Crippen LogP contribution is 2.33. The lowest BCUT2D eigenvalue weighted by Gasteiger charge is -2.41. The first-order valence-corrected chi connectivity index (χ1v) is 4.89. The molecule has 0 spiro atoms. The van der Waals surface area contributed by atoms with E-state index >= 15 is 0 Å². The molecule has 12 heavy (non-hydrogen) atoms. The second kappa shape index (κ2) is 5.16. The van der Waals surface area contributed by atoms with Crippen molar-refractivity contribution in [2.45, 2.75) is 57.7 Å². The molecule has 2 aliphatic heterocycles.